The fourth-order valence-electron chi connectivity index (χ4n) is 12.5. The van der Waals surface area contributed by atoms with E-state index in [4.69, 9.17) is 9.97 Å². The Hall–Kier alpha value is -8.78. The number of amides is 4. The summed E-state index contributed by atoms with van der Waals surface area (Å²) in [5.74, 6) is -1.36. The fourth-order valence-corrected chi connectivity index (χ4v) is 12.5. The van der Waals surface area contributed by atoms with E-state index in [1.165, 1.54) is 0 Å². The van der Waals surface area contributed by atoms with Crippen LogP contribution in [0.5, 0.6) is 0 Å². The molecule has 6 aliphatic rings. The Morgan fingerprint density at radius 1 is 0.393 bits per heavy atom. The molecule has 13 rings (SSSR count). The Balaban J connectivity index is 1.13. The lowest BCUT2D eigenvalue weighted by Crippen LogP contribution is -2.19. The Bertz CT molecular complexity index is 3810. The average molecular weight is 1120 g/mol. The third-order valence-corrected chi connectivity index (χ3v) is 18.5. The Morgan fingerprint density at radius 2 is 0.643 bits per heavy atom. The molecule has 0 radical (unpaired) electrons. The molecule has 4 amide bonds. The first kappa shape index (κ1) is 54.5. The lowest BCUT2D eigenvalue weighted by atomic mass is 9.98. The van der Waals surface area contributed by atoms with Gasteiger partial charge >= 0.3 is 0 Å². The number of hydrogen-bond donors (Lipinski definition) is 6. The SMILES string of the molecule is CC1(C)C[C@@H]1C(=O)Nc1cccc(NC(=O)[C@@H]2CC2(C)C)c1-c1c2nc(c(-c3ccc(CF)cc3)c3ccc([nH]3)c(-c3c(NC(=O)[C@H]4CC4(C)C)cccc3NC(=O)[C@@H]3CC3(C)C)c3nc(c(-c4ccc(CF)cc4)c4ccc1[nH]4)C=C3)C=C2. The number of benzene rings is 4. The molecule has 3 aromatic heterocycles. The van der Waals surface area contributed by atoms with E-state index >= 15 is 0 Å². The van der Waals surface area contributed by atoms with Gasteiger partial charge in [-0.15, -0.1) is 0 Å². The monoisotopic (exact) mass is 1120 g/mol. The van der Waals surface area contributed by atoms with Crippen LogP contribution in [-0.2, 0) is 32.5 Å². The molecule has 4 aliphatic carbocycles. The molecular weight excluding hydrogens is 1050 g/mol. The number of carbonyl (C=O) groups is 4. The molecule has 4 fully saturated rings. The topological polar surface area (TPSA) is 174 Å². The minimum absolute atomic E-state index is 0.125. The van der Waals surface area contributed by atoms with Gasteiger partial charge in [-0.25, -0.2) is 18.7 Å². The van der Waals surface area contributed by atoms with Crippen molar-refractivity contribution in [2.75, 3.05) is 21.3 Å². The van der Waals surface area contributed by atoms with Crippen molar-refractivity contribution < 1.29 is 28.0 Å². The van der Waals surface area contributed by atoms with Crippen LogP contribution in [0.4, 0.5) is 31.5 Å². The maximum atomic E-state index is 14.3. The van der Waals surface area contributed by atoms with E-state index in [1.54, 1.807) is 24.3 Å². The van der Waals surface area contributed by atoms with Gasteiger partial charge in [-0.1, -0.05) is 116 Å². The molecule has 0 spiro atoms. The zero-order valence-corrected chi connectivity index (χ0v) is 48.5. The largest absolute Gasteiger partial charge is 0.354 e. The molecule has 0 unspecified atom stereocenters. The summed E-state index contributed by atoms with van der Waals surface area (Å²) in [6.07, 6.45) is 10.7. The maximum absolute atomic E-state index is 14.3. The summed E-state index contributed by atoms with van der Waals surface area (Å²) in [5.41, 5.74) is 12.1. The number of aromatic nitrogens is 4. The number of H-pyrrole nitrogens is 2. The van der Waals surface area contributed by atoms with E-state index in [1.807, 2.05) is 109 Å². The Kier molecular flexibility index (Phi) is 12.9. The summed E-state index contributed by atoms with van der Waals surface area (Å²) in [6.45, 7) is 15.3. The molecule has 4 aromatic carbocycles. The van der Waals surface area contributed by atoms with Gasteiger partial charge in [0.15, 0.2) is 0 Å². The van der Waals surface area contributed by atoms with E-state index in [2.05, 4.69) is 86.6 Å². The van der Waals surface area contributed by atoms with E-state index in [0.29, 0.717) is 112 Å². The molecule has 6 N–H and O–H groups in total. The van der Waals surface area contributed by atoms with Crippen LogP contribution in [0.25, 0.3) is 90.9 Å². The predicted octanol–water partition coefficient (Wildman–Crippen LogP) is 16.2. The number of rotatable bonds is 14. The van der Waals surface area contributed by atoms with Crippen LogP contribution >= 0.6 is 0 Å². The highest BCUT2D eigenvalue weighted by molar-refractivity contribution is 6.12. The van der Waals surface area contributed by atoms with Gasteiger partial charge in [-0.05, 0) is 142 Å². The van der Waals surface area contributed by atoms with E-state index < -0.39 is 13.3 Å². The minimum Gasteiger partial charge on any atom is -0.354 e. The first-order valence-electron chi connectivity index (χ1n) is 29.1. The summed E-state index contributed by atoms with van der Waals surface area (Å²) in [5, 5.41) is 13.2. The molecule has 4 saturated carbocycles. The van der Waals surface area contributed by atoms with Crippen molar-refractivity contribution in [2.45, 2.75) is 94.4 Å². The number of nitrogens with one attached hydrogen (secondary N) is 6. The highest BCUT2D eigenvalue weighted by Gasteiger charge is 2.53. The zero-order chi connectivity index (χ0) is 58.8. The van der Waals surface area contributed by atoms with Gasteiger partial charge in [0.2, 0.25) is 23.6 Å². The quantitative estimate of drug-likeness (QED) is 0.0632. The summed E-state index contributed by atoms with van der Waals surface area (Å²) in [4.78, 5) is 75.7. The van der Waals surface area contributed by atoms with Crippen molar-refractivity contribution >= 4 is 92.7 Å². The van der Waals surface area contributed by atoms with E-state index in [0.717, 1.165) is 36.8 Å². The van der Waals surface area contributed by atoms with Gasteiger partial charge in [-0.2, -0.15) is 0 Å². The van der Waals surface area contributed by atoms with Crippen LogP contribution in [0.15, 0.2) is 109 Å². The molecule has 5 heterocycles. The summed E-state index contributed by atoms with van der Waals surface area (Å²) in [6, 6.07) is 33.5. The van der Waals surface area contributed by atoms with Gasteiger partial charge in [0.05, 0.1) is 45.5 Å². The smallest absolute Gasteiger partial charge is 0.228 e. The van der Waals surface area contributed by atoms with Gasteiger partial charge in [0, 0.05) is 79.1 Å². The molecule has 426 valence electrons. The molecule has 14 heteroatoms. The highest BCUT2D eigenvalue weighted by atomic mass is 19.1. The second kappa shape index (κ2) is 20.0. The third kappa shape index (κ3) is 10.0. The maximum Gasteiger partial charge on any atom is 0.228 e. The minimum atomic E-state index is -0.650. The highest BCUT2D eigenvalue weighted by Crippen LogP contribution is 2.56. The molecular formula is C70H68F2N8O4. The number of hydrogen-bond acceptors (Lipinski definition) is 6. The van der Waals surface area contributed by atoms with Crippen molar-refractivity contribution in [1.29, 1.82) is 0 Å². The molecule has 12 nitrogen and oxygen atoms in total. The molecule has 8 bridgehead atoms. The van der Waals surface area contributed by atoms with Crippen molar-refractivity contribution in [2.24, 2.45) is 45.3 Å². The van der Waals surface area contributed by atoms with Gasteiger partial charge in [-0.3, -0.25) is 19.2 Å². The van der Waals surface area contributed by atoms with Crippen LogP contribution in [0.3, 0.4) is 0 Å². The number of anilines is 4. The van der Waals surface area contributed by atoms with Crippen LogP contribution in [-0.4, -0.2) is 43.6 Å². The molecule has 84 heavy (non-hydrogen) atoms. The van der Waals surface area contributed by atoms with Crippen molar-refractivity contribution in [3.8, 4) is 44.5 Å². The third-order valence-electron chi connectivity index (χ3n) is 18.5. The van der Waals surface area contributed by atoms with Gasteiger partial charge < -0.3 is 31.2 Å². The molecule has 7 aromatic rings. The number of carbonyl (C=O) groups excluding carboxylic acids is 4. The normalized spacial score (nSPS) is 20.4. The molecule has 0 saturated heterocycles. The number of halogens is 2. The van der Waals surface area contributed by atoms with Crippen molar-refractivity contribution in [3.05, 3.63) is 143 Å². The molecule has 4 atom stereocenters. The van der Waals surface area contributed by atoms with Crippen molar-refractivity contribution in [1.82, 2.24) is 19.9 Å². The zero-order valence-electron chi connectivity index (χ0n) is 48.5. The summed E-state index contributed by atoms with van der Waals surface area (Å²) < 4.78 is 28.6. The lowest BCUT2D eigenvalue weighted by molar-refractivity contribution is -0.118. The fraction of sp³-hybridized carbons (Fsp3) is 0.314. The number of nitrogens with zero attached hydrogens (tertiary/aromatic N) is 2. The summed E-state index contributed by atoms with van der Waals surface area (Å²) >= 11 is 0. The first-order chi connectivity index (χ1) is 40.1. The van der Waals surface area contributed by atoms with Gasteiger partial charge in [0.25, 0.3) is 0 Å². The first-order valence-corrected chi connectivity index (χ1v) is 29.1. The second-order valence-corrected chi connectivity index (χ2v) is 26.6. The van der Waals surface area contributed by atoms with Gasteiger partial charge in [0.1, 0.15) is 13.3 Å². The average Bonchev–Trinajstić information content (AvgIpc) is 2.47. The second-order valence-electron chi connectivity index (χ2n) is 26.6. The number of fused-ring (bicyclic) bond motifs is 8. The summed E-state index contributed by atoms with van der Waals surface area (Å²) in [7, 11) is 0. The van der Waals surface area contributed by atoms with Crippen molar-refractivity contribution in [3.63, 3.8) is 0 Å². The number of aromatic amines is 2. The van der Waals surface area contributed by atoms with E-state index in [-0.39, 0.29) is 69.0 Å². The Labute approximate surface area is 487 Å². The Morgan fingerprint density at radius 3 is 0.893 bits per heavy atom. The lowest BCUT2D eigenvalue weighted by Gasteiger charge is -2.18. The standard InChI is InChI=1S/C70H68F2N8O4/c1-67(2)31-41(67)63(81)77-45-11-9-12-46(78-64(82)42-32-68(42,3)4)59(45)61-53-27-23-49(73-53)57(39-19-15-37(35-71)16-20-39)51-25-29-55(75-51)62(56-30-26-52(76-56)58(50-24-28-54(61)74-50)40-21-17-38(36-72)18-22-40)60-47(79-65(83)43-33-69(43,5)6)13-10-14-48(60)80-66(84)44-34-70(44,7)8/h9-30,41-44,73,76H,31-36H2,1-8H3,(H,77,81)(H,78,82)(H,79,83)(H,80,84)/t41-,42+,43-,44+. The molecule has 2 aliphatic heterocycles. The van der Waals surface area contributed by atoms with Crippen LogP contribution in [0, 0.1) is 45.3 Å². The predicted molar refractivity (Wildman–Crippen MR) is 332 cm³/mol. The van der Waals surface area contributed by atoms with E-state index in [9.17, 15) is 28.0 Å². The van der Waals surface area contributed by atoms with Crippen LogP contribution in [0.2, 0.25) is 0 Å². The number of alkyl halides is 2. The van der Waals surface area contributed by atoms with Crippen LogP contribution < -0.4 is 21.3 Å². The van der Waals surface area contributed by atoms with Crippen LogP contribution in [0.1, 0.15) is 115 Å².